The third kappa shape index (κ3) is 3.15. The van der Waals surface area contributed by atoms with E-state index in [2.05, 4.69) is 26.8 Å². The van der Waals surface area contributed by atoms with Crippen LogP contribution in [-0.4, -0.2) is 59.5 Å². The van der Waals surface area contributed by atoms with Crippen LogP contribution in [0, 0.1) is 0 Å². The van der Waals surface area contributed by atoms with Crippen molar-refractivity contribution >= 4 is 5.82 Å². The van der Waals surface area contributed by atoms with Crippen LogP contribution in [0.15, 0.2) is 12.4 Å². The fourth-order valence-electron chi connectivity index (χ4n) is 1.90. The summed E-state index contributed by atoms with van der Waals surface area (Å²) in [4.78, 5) is 12.9. The van der Waals surface area contributed by atoms with Crippen LogP contribution in [0.25, 0.3) is 0 Å². The zero-order valence-electron chi connectivity index (χ0n) is 9.76. The monoisotopic (exact) mass is 221 g/mol. The van der Waals surface area contributed by atoms with E-state index >= 15 is 0 Å². The van der Waals surface area contributed by atoms with E-state index in [4.69, 9.17) is 5.73 Å². The number of aromatic nitrogens is 2. The van der Waals surface area contributed by atoms with Gasteiger partial charge in [-0.25, -0.2) is 9.97 Å². The predicted molar refractivity (Wildman–Crippen MR) is 64.1 cm³/mol. The smallest absolute Gasteiger partial charge is 0.126 e. The first kappa shape index (κ1) is 11.3. The van der Waals surface area contributed by atoms with Gasteiger partial charge in [0.15, 0.2) is 0 Å². The van der Waals surface area contributed by atoms with Crippen molar-refractivity contribution in [1.82, 2.24) is 19.8 Å². The number of piperazine rings is 1. The van der Waals surface area contributed by atoms with Gasteiger partial charge in [-0.15, -0.1) is 0 Å². The molecule has 5 nitrogen and oxygen atoms in total. The van der Waals surface area contributed by atoms with E-state index in [-0.39, 0.29) is 0 Å². The van der Waals surface area contributed by atoms with E-state index in [9.17, 15) is 0 Å². The van der Waals surface area contributed by atoms with Crippen molar-refractivity contribution < 1.29 is 0 Å². The van der Waals surface area contributed by atoms with Gasteiger partial charge in [0.1, 0.15) is 12.1 Å². The molecule has 2 heterocycles. The Bertz CT molecular complexity index is 333. The molecule has 0 spiro atoms. The summed E-state index contributed by atoms with van der Waals surface area (Å²) < 4.78 is 0. The average Bonchev–Trinajstić information content (AvgIpc) is 2.28. The molecule has 1 aliphatic rings. The molecule has 1 aliphatic heterocycles. The van der Waals surface area contributed by atoms with Crippen molar-refractivity contribution in [3.05, 3.63) is 18.1 Å². The maximum absolute atomic E-state index is 5.61. The zero-order valence-corrected chi connectivity index (χ0v) is 9.76. The Morgan fingerprint density at radius 1 is 1.25 bits per heavy atom. The number of likely N-dealkylation sites (N-methyl/N-ethyl adjacent to an activating group) is 1. The van der Waals surface area contributed by atoms with Gasteiger partial charge >= 0.3 is 0 Å². The van der Waals surface area contributed by atoms with Crippen LogP contribution >= 0.6 is 0 Å². The molecule has 5 heteroatoms. The molecule has 0 aliphatic carbocycles. The van der Waals surface area contributed by atoms with Crippen molar-refractivity contribution in [3.63, 3.8) is 0 Å². The number of hydrogen-bond donors (Lipinski definition) is 1. The number of nitrogen functional groups attached to an aromatic ring is 1. The fraction of sp³-hybridized carbons (Fsp3) is 0.636. The molecule has 1 aromatic rings. The van der Waals surface area contributed by atoms with Gasteiger partial charge < -0.3 is 15.5 Å². The third-order valence-electron chi connectivity index (χ3n) is 3.02. The lowest BCUT2D eigenvalue weighted by molar-refractivity contribution is 0.155. The van der Waals surface area contributed by atoms with Crippen LogP contribution in [0.3, 0.4) is 0 Å². The number of rotatable bonds is 3. The summed E-state index contributed by atoms with van der Waals surface area (Å²) in [6, 6.07) is 1.86. The molecule has 1 fully saturated rings. The zero-order chi connectivity index (χ0) is 11.4. The standard InChI is InChI=1S/C11H19N5/c1-15-4-6-16(7-5-15)3-2-10-8-11(12)14-9-13-10/h8-9H,2-7H2,1H3,(H2,12,13,14). The van der Waals surface area contributed by atoms with Crippen molar-refractivity contribution in [2.75, 3.05) is 45.5 Å². The molecule has 16 heavy (non-hydrogen) atoms. The van der Waals surface area contributed by atoms with Crippen LogP contribution in [-0.2, 0) is 6.42 Å². The molecule has 0 amide bonds. The van der Waals surface area contributed by atoms with E-state index in [0.717, 1.165) is 44.8 Å². The molecule has 1 saturated heterocycles. The Morgan fingerprint density at radius 3 is 2.69 bits per heavy atom. The maximum atomic E-state index is 5.61. The van der Waals surface area contributed by atoms with E-state index in [1.807, 2.05) is 6.07 Å². The minimum atomic E-state index is 0.559. The summed E-state index contributed by atoms with van der Waals surface area (Å²) in [7, 11) is 2.17. The van der Waals surface area contributed by atoms with Crippen LogP contribution in [0.2, 0.25) is 0 Å². The van der Waals surface area contributed by atoms with Gasteiger partial charge in [0.2, 0.25) is 0 Å². The highest BCUT2D eigenvalue weighted by Crippen LogP contribution is 2.04. The summed E-state index contributed by atoms with van der Waals surface area (Å²) >= 11 is 0. The largest absolute Gasteiger partial charge is 0.384 e. The lowest BCUT2D eigenvalue weighted by Gasteiger charge is -2.32. The number of hydrogen-bond acceptors (Lipinski definition) is 5. The molecular formula is C11H19N5. The molecule has 0 saturated carbocycles. The Morgan fingerprint density at radius 2 is 2.00 bits per heavy atom. The Balaban J connectivity index is 1.79. The van der Waals surface area contributed by atoms with Crippen LogP contribution in [0.4, 0.5) is 5.82 Å². The molecule has 88 valence electrons. The second-order valence-corrected chi connectivity index (χ2v) is 4.33. The van der Waals surface area contributed by atoms with Crippen molar-refractivity contribution in [1.29, 1.82) is 0 Å². The van der Waals surface area contributed by atoms with Crippen molar-refractivity contribution in [2.24, 2.45) is 0 Å². The van der Waals surface area contributed by atoms with E-state index < -0.39 is 0 Å². The Labute approximate surface area is 96.3 Å². The SMILES string of the molecule is CN1CCN(CCc2cc(N)ncn2)CC1. The molecule has 2 N–H and O–H groups in total. The number of nitrogens with zero attached hydrogens (tertiary/aromatic N) is 4. The van der Waals surface area contributed by atoms with Gasteiger partial charge in [0.25, 0.3) is 0 Å². The highest BCUT2D eigenvalue weighted by Gasteiger charge is 2.13. The molecular weight excluding hydrogens is 202 g/mol. The molecule has 0 radical (unpaired) electrons. The van der Waals surface area contributed by atoms with Gasteiger partial charge in [-0.2, -0.15) is 0 Å². The van der Waals surface area contributed by atoms with E-state index in [1.54, 1.807) is 0 Å². The van der Waals surface area contributed by atoms with Gasteiger partial charge in [-0.3, -0.25) is 0 Å². The molecule has 2 rings (SSSR count). The molecule has 0 atom stereocenters. The first-order valence-electron chi connectivity index (χ1n) is 5.71. The molecule has 1 aromatic heterocycles. The first-order chi connectivity index (χ1) is 7.74. The predicted octanol–water partition coefficient (Wildman–Crippen LogP) is -0.151. The Hall–Kier alpha value is -1.20. The first-order valence-corrected chi connectivity index (χ1v) is 5.71. The van der Waals surface area contributed by atoms with Gasteiger partial charge in [-0.05, 0) is 7.05 Å². The highest BCUT2D eigenvalue weighted by atomic mass is 15.2. The molecule has 0 aromatic carbocycles. The van der Waals surface area contributed by atoms with Gasteiger partial charge in [-0.1, -0.05) is 0 Å². The normalized spacial score (nSPS) is 18.8. The highest BCUT2D eigenvalue weighted by molar-refractivity contribution is 5.27. The third-order valence-corrected chi connectivity index (χ3v) is 3.02. The average molecular weight is 221 g/mol. The number of nitrogens with two attached hydrogens (primary N) is 1. The van der Waals surface area contributed by atoms with E-state index in [1.165, 1.54) is 6.33 Å². The van der Waals surface area contributed by atoms with Crippen LogP contribution in [0.1, 0.15) is 5.69 Å². The molecule has 0 bridgehead atoms. The second-order valence-electron chi connectivity index (χ2n) is 4.33. The van der Waals surface area contributed by atoms with Gasteiger partial charge in [0, 0.05) is 50.9 Å². The summed E-state index contributed by atoms with van der Waals surface area (Å²) in [6.07, 6.45) is 2.49. The quantitative estimate of drug-likeness (QED) is 0.769. The topological polar surface area (TPSA) is 58.3 Å². The van der Waals surface area contributed by atoms with E-state index in [0.29, 0.717) is 5.82 Å². The number of anilines is 1. The fourth-order valence-corrected chi connectivity index (χ4v) is 1.90. The summed E-state index contributed by atoms with van der Waals surface area (Å²) in [6.45, 7) is 5.68. The summed E-state index contributed by atoms with van der Waals surface area (Å²) in [5, 5.41) is 0. The lowest BCUT2D eigenvalue weighted by atomic mass is 10.2. The van der Waals surface area contributed by atoms with Crippen LogP contribution in [0.5, 0.6) is 0 Å². The minimum Gasteiger partial charge on any atom is -0.384 e. The van der Waals surface area contributed by atoms with Crippen LogP contribution < -0.4 is 5.73 Å². The summed E-state index contributed by atoms with van der Waals surface area (Å²) in [5.74, 6) is 0.559. The van der Waals surface area contributed by atoms with Crippen molar-refractivity contribution in [3.8, 4) is 0 Å². The Kier molecular flexibility index (Phi) is 3.69. The lowest BCUT2D eigenvalue weighted by Crippen LogP contribution is -2.45. The maximum Gasteiger partial charge on any atom is 0.126 e. The molecule has 0 unspecified atom stereocenters. The van der Waals surface area contributed by atoms with Gasteiger partial charge in [0.05, 0.1) is 0 Å². The van der Waals surface area contributed by atoms with Crippen molar-refractivity contribution in [2.45, 2.75) is 6.42 Å². The minimum absolute atomic E-state index is 0.559. The second kappa shape index (κ2) is 5.23. The summed E-state index contributed by atoms with van der Waals surface area (Å²) in [5.41, 5.74) is 6.65.